The third-order valence-corrected chi connectivity index (χ3v) is 3.61. The molecule has 1 aromatic rings. The molecule has 4 heteroatoms. The number of phenols is 1. The number of aliphatic hydroxyl groups excluding tert-OH is 1. The van der Waals surface area contributed by atoms with Crippen molar-refractivity contribution in [1.29, 1.82) is 0 Å². The molecule has 1 saturated carbocycles. The van der Waals surface area contributed by atoms with E-state index in [1.807, 2.05) is 0 Å². The first kappa shape index (κ1) is 12.9. The summed E-state index contributed by atoms with van der Waals surface area (Å²) in [5.41, 5.74) is 0.291. The van der Waals surface area contributed by atoms with Gasteiger partial charge in [0.1, 0.15) is 5.75 Å². The van der Waals surface area contributed by atoms with Crippen LogP contribution in [0.1, 0.15) is 36.0 Å². The maximum Gasteiger partial charge on any atom is 0.255 e. The molecule has 1 aromatic carbocycles. The van der Waals surface area contributed by atoms with Crippen molar-refractivity contribution in [2.75, 3.05) is 6.61 Å². The number of aliphatic hydroxyl groups is 1. The number of nitrogens with one attached hydrogen (secondary N) is 1. The number of benzene rings is 1. The lowest BCUT2D eigenvalue weighted by atomic mass is 9.85. The first-order chi connectivity index (χ1) is 8.72. The Labute approximate surface area is 107 Å². The van der Waals surface area contributed by atoms with Crippen LogP contribution in [0.3, 0.4) is 0 Å². The highest BCUT2D eigenvalue weighted by molar-refractivity contribution is 5.96. The van der Waals surface area contributed by atoms with Gasteiger partial charge in [0, 0.05) is 18.6 Å². The number of carbonyl (C=O) groups is 1. The Hall–Kier alpha value is -1.55. The van der Waals surface area contributed by atoms with Gasteiger partial charge in [0.25, 0.3) is 5.91 Å². The first-order valence-corrected chi connectivity index (χ1v) is 6.42. The molecular weight excluding hydrogens is 230 g/mol. The van der Waals surface area contributed by atoms with E-state index in [0.717, 1.165) is 25.7 Å². The molecule has 0 aromatic heterocycles. The summed E-state index contributed by atoms with van der Waals surface area (Å²) in [5, 5.41) is 21.8. The molecule has 0 radical (unpaired) electrons. The first-order valence-electron chi connectivity index (χ1n) is 6.42. The lowest BCUT2D eigenvalue weighted by Gasteiger charge is -2.30. The van der Waals surface area contributed by atoms with E-state index in [0.29, 0.717) is 5.56 Å². The van der Waals surface area contributed by atoms with Gasteiger partial charge in [-0.1, -0.05) is 25.0 Å². The summed E-state index contributed by atoms with van der Waals surface area (Å²) in [4.78, 5) is 12.0. The van der Waals surface area contributed by atoms with Crippen LogP contribution in [0.25, 0.3) is 0 Å². The van der Waals surface area contributed by atoms with Gasteiger partial charge in [-0.05, 0) is 25.0 Å². The van der Waals surface area contributed by atoms with Crippen molar-refractivity contribution in [3.63, 3.8) is 0 Å². The maximum atomic E-state index is 12.0. The van der Waals surface area contributed by atoms with Crippen molar-refractivity contribution < 1.29 is 15.0 Å². The summed E-state index contributed by atoms with van der Waals surface area (Å²) < 4.78 is 0. The van der Waals surface area contributed by atoms with Gasteiger partial charge in [-0.15, -0.1) is 0 Å². The second kappa shape index (κ2) is 5.87. The summed E-state index contributed by atoms with van der Waals surface area (Å²) in [7, 11) is 0. The zero-order chi connectivity index (χ0) is 13.0. The van der Waals surface area contributed by atoms with Crippen molar-refractivity contribution in [3.8, 4) is 5.75 Å². The fourth-order valence-corrected chi connectivity index (χ4v) is 2.53. The minimum atomic E-state index is -0.265. The van der Waals surface area contributed by atoms with Crippen LogP contribution in [0, 0.1) is 5.92 Å². The molecule has 1 aliphatic rings. The van der Waals surface area contributed by atoms with Crippen LogP contribution in [0.5, 0.6) is 5.75 Å². The Morgan fingerprint density at radius 1 is 1.28 bits per heavy atom. The third-order valence-electron chi connectivity index (χ3n) is 3.61. The smallest absolute Gasteiger partial charge is 0.255 e. The van der Waals surface area contributed by atoms with Crippen molar-refractivity contribution in [1.82, 2.24) is 5.32 Å². The summed E-state index contributed by atoms with van der Waals surface area (Å²) in [5.74, 6) is -0.140. The average molecular weight is 249 g/mol. The van der Waals surface area contributed by atoms with E-state index in [2.05, 4.69) is 5.32 Å². The Bertz CT molecular complexity index is 419. The van der Waals surface area contributed by atoms with Crippen LogP contribution in [0.15, 0.2) is 24.3 Å². The number of carbonyl (C=O) groups excluding carboxylic acids is 1. The van der Waals surface area contributed by atoms with E-state index in [-0.39, 0.29) is 30.2 Å². The van der Waals surface area contributed by atoms with Crippen molar-refractivity contribution in [2.45, 2.75) is 31.7 Å². The molecular formula is C14H19NO3. The molecule has 2 atom stereocenters. The maximum absolute atomic E-state index is 12.0. The van der Waals surface area contributed by atoms with Crippen LogP contribution in [-0.2, 0) is 0 Å². The van der Waals surface area contributed by atoms with Crippen molar-refractivity contribution in [2.24, 2.45) is 5.92 Å². The Kier molecular flexibility index (Phi) is 4.20. The Balaban J connectivity index is 2.04. The molecule has 1 aliphatic carbocycles. The van der Waals surface area contributed by atoms with Gasteiger partial charge in [0.15, 0.2) is 0 Å². The monoisotopic (exact) mass is 249 g/mol. The fraction of sp³-hybridized carbons (Fsp3) is 0.500. The third kappa shape index (κ3) is 2.82. The number of amides is 1. The highest BCUT2D eigenvalue weighted by atomic mass is 16.3. The van der Waals surface area contributed by atoms with Gasteiger partial charge >= 0.3 is 0 Å². The summed E-state index contributed by atoms with van der Waals surface area (Å²) in [6, 6.07) is 6.51. The highest BCUT2D eigenvalue weighted by Crippen LogP contribution is 2.25. The zero-order valence-corrected chi connectivity index (χ0v) is 10.3. The standard InChI is InChI=1S/C14H19NO3/c16-9-10-5-1-3-7-12(10)15-14(18)11-6-2-4-8-13(11)17/h2,4,6,8,10,12,16-17H,1,3,5,7,9H2,(H,15,18). The molecule has 2 rings (SSSR count). The lowest BCUT2D eigenvalue weighted by molar-refractivity contribution is 0.0870. The lowest BCUT2D eigenvalue weighted by Crippen LogP contribution is -2.43. The van der Waals surface area contributed by atoms with Gasteiger partial charge in [0.2, 0.25) is 0 Å². The Morgan fingerprint density at radius 3 is 2.72 bits per heavy atom. The minimum absolute atomic E-state index is 0.00800. The Morgan fingerprint density at radius 2 is 2.00 bits per heavy atom. The van der Waals surface area contributed by atoms with Gasteiger partial charge < -0.3 is 15.5 Å². The summed E-state index contributed by atoms with van der Waals surface area (Å²) in [6.45, 7) is 0.103. The molecule has 0 spiro atoms. The van der Waals surface area contributed by atoms with E-state index in [9.17, 15) is 15.0 Å². The molecule has 1 amide bonds. The molecule has 0 aliphatic heterocycles. The molecule has 2 unspecified atom stereocenters. The van der Waals surface area contributed by atoms with E-state index >= 15 is 0 Å². The van der Waals surface area contributed by atoms with Crippen LogP contribution in [-0.4, -0.2) is 28.8 Å². The van der Waals surface area contributed by atoms with Crippen LogP contribution in [0.2, 0.25) is 0 Å². The molecule has 4 nitrogen and oxygen atoms in total. The zero-order valence-electron chi connectivity index (χ0n) is 10.3. The van der Waals surface area contributed by atoms with Crippen LogP contribution < -0.4 is 5.32 Å². The predicted molar refractivity (Wildman–Crippen MR) is 68.4 cm³/mol. The number of hydrogen-bond donors (Lipinski definition) is 3. The summed E-state index contributed by atoms with van der Waals surface area (Å²) in [6.07, 6.45) is 4.02. The second-order valence-corrected chi connectivity index (χ2v) is 4.82. The molecule has 0 saturated heterocycles. The second-order valence-electron chi connectivity index (χ2n) is 4.82. The minimum Gasteiger partial charge on any atom is -0.507 e. The fourth-order valence-electron chi connectivity index (χ4n) is 2.53. The quantitative estimate of drug-likeness (QED) is 0.763. The number of rotatable bonds is 3. The van der Waals surface area contributed by atoms with Gasteiger partial charge in [-0.25, -0.2) is 0 Å². The number of phenolic OH excluding ortho intramolecular Hbond substituents is 1. The molecule has 0 bridgehead atoms. The topological polar surface area (TPSA) is 69.6 Å². The van der Waals surface area contributed by atoms with Gasteiger partial charge in [0.05, 0.1) is 5.56 Å². The molecule has 3 N–H and O–H groups in total. The van der Waals surface area contributed by atoms with E-state index < -0.39 is 0 Å². The van der Waals surface area contributed by atoms with E-state index in [1.165, 1.54) is 6.07 Å². The number of hydrogen-bond acceptors (Lipinski definition) is 3. The van der Waals surface area contributed by atoms with E-state index in [1.54, 1.807) is 18.2 Å². The highest BCUT2D eigenvalue weighted by Gasteiger charge is 2.26. The largest absolute Gasteiger partial charge is 0.507 e. The van der Waals surface area contributed by atoms with E-state index in [4.69, 9.17) is 0 Å². The van der Waals surface area contributed by atoms with Crippen LogP contribution in [0.4, 0.5) is 0 Å². The van der Waals surface area contributed by atoms with Crippen LogP contribution >= 0.6 is 0 Å². The van der Waals surface area contributed by atoms with Crippen molar-refractivity contribution in [3.05, 3.63) is 29.8 Å². The SMILES string of the molecule is O=C(NC1CCCCC1CO)c1ccccc1O. The number of para-hydroxylation sites is 1. The molecule has 18 heavy (non-hydrogen) atoms. The molecule has 0 heterocycles. The normalized spacial score (nSPS) is 23.6. The predicted octanol–water partition coefficient (Wildman–Crippen LogP) is 1.67. The summed E-state index contributed by atoms with van der Waals surface area (Å²) >= 11 is 0. The number of aromatic hydroxyl groups is 1. The average Bonchev–Trinajstić information content (AvgIpc) is 2.39. The van der Waals surface area contributed by atoms with Crippen molar-refractivity contribution >= 4 is 5.91 Å². The van der Waals surface area contributed by atoms with Gasteiger partial charge in [-0.3, -0.25) is 4.79 Å². The molecule has 1 fully saturated rings. The molecule has 98 valence electrons. The van der Waals surface area contributed by atoms with Gasteiger partial charge in [-0.2, -0.15) is 0 Å².